The van der Waals surface area contributed by atoms with Gasteiger partial charge < -0.3 is 9.64 Å². The van der Waals surface area contributed by atoms with Gasteiger partial charge in [0.25, 0.3) is 11.7 Å². The lowest BCUT2D eigenvalue weighted by Crippen LogP contribution is -2.36. The van der Waals surface area contributed by atoms with Crippen molar-refractivity contribution in [3.63, 3.8) is 0 Å². The first-order valence-corrected chi connectivity index (χ1v) is 5.61. The Kier molecular flexibility index (Phi) is 3.17. The lowest BCUT2D eigenvalue weighted by molar-refractivity contribution is -0.114. The molecule has 0 saturated carbocycles. The Bertz CT molecular complexity index is 487. The van der Waals surface area contributed by atoms with Crippen LogP contribution < -0.4 is 4.90 Å². The second-order valence-electron chi connectivity index (χ2n) is 3.95. The van der Waals surface area contributed by atoms with Gasteiger partial charge in [0, 0.05) is 12.1 Å². The molecule has 90 valence electrons. The summed E-state index contributed by atoms with van der Waals surface area (Å²) >= 11 is 5.81. The molecule has 0 spiro atoms. The summed E-state index contributed by atoms with van der Waals surface area (Å²) in [5.74, 6) is -1.03. The number of nitrogens with zero attached hydrogens (tertiary/aromatic N) is 1. The highest BCUT2D eigenvalue weighted by Crippen LogP contribution is 2.31. The molecule has 0 saturated heterocycles. The normalized spacial score (nSPS) is 16.3. The second-order valence-corrected chi connectivity index (χ2v) is 4.39. The highest BCUT2D eigenvalue weighted by molar-refractivity contribution is 6.52. The van der Waals surface area contributed by atoms with Crippen LogP contribution in [-0.4, -0.2) is 31.4 Å². The zero-order valence-corrected chi connectivity index (χ0v) is 10.3. The smallest absolute Gasteiger partial charge is 0.299 e. The Morgan fingerprint density at radius 2 is 2.12 bits per heavy atom. The minimum atomic E-state index is -0.522. The molecule has 1 amide bonds. The summed E-state index contributed by atoms with van der Waals surface area (Å²) in [4.78, 5) is 25.0. The number of anilines is 1. The molecule has 0 radical (unpaired) electrons. The number of amides is 1. The number of carbonyl (C=O) groups excluding carboxylic acids is 2. The van der Waals surface area contributed by atoms with Crippen LogP contribution in [0.3, 0.4) is 0 Å². The van der Waals surface area contributed by atoms with Crippen LogP contribution in [0.25, 0.3) is 0 Å². The van der Waals surface area contributed by atoms with E-state index < -0.39 is 11.7 Å². The SMILES string of the molecule is COC(C)CN1C(=O)C(=O)c2cc(Cl)ccc21. The van der Waals surface area contributed by atoms with Gasteiger partial charge in [0.15, 0.2) is 0 Å². The molecule has 1 aliphatic heterocycles. The highest BCUT2D eigenvalue weighted by atomic mass is 35.5. The van der Waals surface area contributed by atoms with Gasteiger partial charge in [-0.2, -0.15) is 0 Å². The van der Waals surface area contributed by atoms with Crippen LogP contribution in [0, 0.1) is 0 Å². The number of carbonyl (C=O) groups is 2. The van der Waals surface area contributed by atoms with Gasteiger partial charge in [0.2, 0.25) is 0 Å². The summed E-state index contributed by atoms with van der Waals surface area (Å²) < 4.78 is 5.10. The van der Waals surface area contributed by atoms with Gasteiger partial charge in [-0.15, -0.1) is 0 Å². The third-order valence-electron chi connectivity index (χ3n) is 2.78. The van der Waals surface area contributed by atoms with E-state index in [1.54, 1.807) is 19.2 Å². The van der Waals surface area contributed by atoms with Gasteiger partial charge in [-0.1, -0.05) is 11.6 Å². The molecule has 0 aliphatic carbocycles. The summed E-state index contributed by atoms with van der Waals surface area (Å²) in [6.45, 7) is 2.20. The van der Waals surface area contributed by atoms with Gasteiger partial charge in [-0.25, -0.2) is 0 Å². The average Bonchev–Trinajstić information content (AvgIpc) is 2.54. The van der Waals surface area contributed by atoms with Crippen molar-refractivity contribution in [2.45, 2.75) is 13.0 Å². The van der Waals surface area contributed by atoms with Gasteiger partial charge >= 0.3 is 0 Å². The number of rotatable bonds is 3. The fourth-order valence-corrected chi connectivity index (χ4v) is 1.96. The third-order valence-corrected chi connectivity index (χ3v) is 3.01. The third kappa shape index (κ3) is 2.06. The van der Waals surface area contributed by atoms with Crippen molar-refractivity contribution in [3.05, 3.63) is 28.8 Å². The molecule has 1 heterocycles. The molecule has 1 unspecified atom stereocenters. The number of hydrogen-bond donors (Lipinski definition) is 0. The van der Waals surface area contributed by atoms with Crippen molar-refractivity contribution in [1.82, 2.24) is 0 Å². The van der Waals surface area contributed by atoms with E-state index in [1.807, 2.05) is 6.92 Å². The maximum Gasteiger partial charge on any atom is 0.299 e. The first-order valence-electron chi connectivity index (χ1n) is 5.23. The number of ether oxygens (including phenoxy) is 1. The molecule has 4 nitrogen and oxygen atoms in total. The fourth-order valence-electron chi connectivity index (χ4n) is 1.79. The van der Waals surface area contributed by atoms with Crippen molar-refractivity contribution >= 4 is 29.0 Å². The van der Waals surface area contributed by atoms with Crippen LogP contribution in [0.15, 0.2) is 18.2 Å². The van der Waals surface area contributed by atoms with E-state index in [4.69, 9.17) is 16.3 Å². The Hall–Kier alpha value is -1.39. The van der Waals surface area contributed by atoms with Gasteiger partial charge in [0.1, 0.15) is 0 Å². The molecular weight excluding hydrogens is 242 g/mol. The number of Topliss-reactive ketones (excluding diaryl/α,β-unsaturated/α-hetero) is 1. The maximum absolute atomic E-state index is 11.8. The van der Waals surface area contributed by atoms with Crippen molar-refractivity contribution in [1.29, 1.82) is 0 Å². The number of benzene rings is 1. The lowest BCUT2D eigenvalue weighted by atomic mass is 10.1. The monoisotopic (exact) mass is 253 g/mol. The molecule has 5 heteroatoms. The highest BCUT2D eigenvalue weighted by Gasteiger charge is 2.36. The first-order chi connectivity index (χ1) is 8.04. The van der Waals surface area contributed by atoms with Crippen molar-refractivity contribution in [2.75, 3.05) is 18.6 Å². The summed E-state index contributed by atoms with van der Waals surface area (Å²) in [5, 5.41) is 0.450. The van der Waals surface area contributed by atoms with Crippen LogP contribution in [-0.2, 0) is 9.53 Å². The Labute approximate surface area is 104 Å². The molecule has 0 aromatic heterocycles. The number of halogens is 1. The van der Waals surface area contributed by atoms with Crippen molar-refractivity contribution in [2.24, 2.45) is 0 Å². The van der Waals surface area contributed by atoms with Gasteiger partial charge in [-0.05, 0) is 25.1 Å². The molecule has 1 aromatic rings. The van der Waals surface area contributed by atoms with E-state index in [0.29, 0.717) is 22.8 Å². The van der Waals surface area contributed by atoms with Crippen LogP contribution in [0.2, 0.25) is 5.02 Å². The topological polar surface area (TPSA) is 46.6 Å². The van der Waals surface area contributed by atoms with E-state index >= 15 is 0 Å². The molecule has 1 aromatic carbocycles. The first kappa shape index (κ1) is 12.1. The Balaban J connectivity index is 2.38. The number of ketones is 1. The second kappa shape index (κ2) is 4.47. The van der Waals surface area contributed by atoms with Crippen LogP contribution in [0.1, 0.15) is 17.3 Å². The summed E-state index contributed by atoms with van der Waals surface area (Å²) in [6, 6.07) is 4.87. The quantitative estimate of drug-likeness (QED) is 0.773. The zero-order valence-electron chi connectivity index (χ0n) is 9.57. The molecule has 0 N–H and O–H groups in total. The minimum absolute atomic E-state index is 0.131. The standard InChI is InChI=1S/C12H12ClNO3/c1-7(17-2)6-14-10-4-3-8(13)5-9(10)11(15)12(14)16/h3-5,7H,6H2,1-2H3. The van der Waals surface area contributed by atoms with E-state index in [0.717, 1.165) is 0 Å². The van der Waals surface area contributed by atoms with E-state index in [2.05, 4.69) is 0 Å². The molecule has 0 bridgehead atoms. The Morgan fingerprint density at radius 3 is 2.76 bits per heavy atom. The molecular formula is C12H12ClNO3. The average molecular weight is 254 g/mol. The molecule has 2 rings (SSSR count). The van der Waals surface area contributed by atoms with E-state index in [1.165, 1.54) is 11.0 Å². The van der Waals surface area contributed by atoms with E-state index in [-0.39, 0.29) is 6.10 Å². The van der Waals surface area contributed by atoms with Crippen LogP contribution >= 0.6 is 11.6 Å². The molecule has 1 aliphatic rings. The van der Waals surface area contributed by atoms with Crippen molar-refractivity contribution < 1.29 is 14.3 Å². The minimum Gasteiger partial charge on any atom is -0.380 e. The van der Waals surface area contributed by atoms with Crippen LogP contribution in [0.4, 0.5) is 5.69 Å². The molecule has 17 heavy (non-hydrogen) atoms. The summed E-state index contributed by atoms with van der Waals surface area (Å²) in [5.41, 5.74) is 0.971. The van der Waals surface area contributed by atoms with Crippen LogP contribution in [0.5, 0.6) is 0 Å². The fraction of sp³-hybridized carbons (Fsp3) is 0.333. The number of hydrogen-bond acceptors (Lipinski definition) is 3. The van der Waals surface area contributed by atoms with E-state index in [9.17, 15) is 9.59 Å². The van der Waals surface area contributed by atoms with Crippen molar-refractivity contribution in [3.8, 4) is 0 Å². The Morgan fingerprint density at radius 1 is 1.41 bits per heavy atom. The molecule has 0 fully saturated rings. The lowest BCUT2D eigenvalue weighted by Gasteiger charge is -2.20. The van der Waals surface area contributed by atoms with Gasteiger partial charge in [0.05, 0.1) is 23.9 Å². The predicted molar refractivity (Wildman–Crippen MR) is 64.6 cm³/mol. The summed E-state index contributed by atoms with van der Waals surface area (Å²) in [7, 11) is 1.57. The zero-order chi connectivity index (χ0) is 12.6. The largest absolute Gasteiger partial charge is 0.380 e. The summed E-state index contributed by atoms with van der Waals surface area (Å²) in [6.07, 6.45) is -0.131. The van der Waals surface area contributed by atoms with Gasteiger partial charge in [-0.3, -0.25) is 9.59 Å². The number of methoxy groups -OCH3 is 1. The number of fused-ring (bicyclic) bond motifs is 1. The predicted octanol–water partition coefficient (Wildman–Crippen LogP) is 1.90. The molecule has 1 atom stereocenters. The maximum atomic E-state index is 11.8.